The summed E-state index contributed by atoms with van der Waals surface area (Å²) in [6.45, 7) is 1.21. The Labute approximate surface area is 170 Å². The van der Waals surface area contributed by atoms with Crippen LogP contribution < -0.4 is 5.56 Å². The molecule has 10 heteroatoms. The third kappa shape index (κ3) is 4.80. The molecule has 0 aliphatic heterocycles. The maximum atomic E-state index is 12.9. The molecule has 1 fully saturated rings. The van der Waals surface area contributed by atoms with Crippen molar-refractivity contribution in [3.8, 4) is 0 Å². The Bertz CT molecular complexity index is 1010. The van der Waals surface area contributed by atoms with E-state index in [1.54, 1.807) is 26.0 Å². The summed E-state index contributed by atoms with van der Waals surface area (Å²) in [4.78, 5) is 38.1. The SMILES string of the molecule is CCn1nc(C(=O)OCC(=O)N(CC(F)(F)F)C(C)C2CC2)c2ccccc2c1=O. The number of alkyl halides is 3. The van der Waals surface area contributed by atoms with Crippen LogP contribution in [0.1, 0.15) is 37.2 Å². The molecule has 3 rings (SSSR count). The highest BCUT2D eigenvalue weighted by Gasteiger charge is 2.40. The minimum atomic E-state index is -4.56. The van der Waals surface area contributed by atoms with Crippen LogP contribution in [0.15, 0.2) is 29.1 Å². The van der Waals surface area contributed by atoms with Gasteiger partial charge in [0.05, 0.1) is 5.39 Å². The highest BCUT2D eigenvalue weighted by molar-refractivity contribution is 6.02. The lowest BCUT2D eigenvalue weighted by Gasteiger charge is -2.30. The fourth-order valence-corrected chi connectivity index (χ4v) is 3.36. The number of esters is 1. The van der Waals surface area contributed by atoms with E-state index in [4.69, 9.17) is 4.74 Å². The molecule has 1 aliphatic carbocycles. The number of carbonyl (C=O) groups is 2. The van der Waals surface area contributed by atoms with Gasteiger partial charge in [0, 0.05) is 18.0 Å². The lowest BCUT2D eigenvalue weighted by Crippen LogP contribution is -2.47. The molecule has 0 radical (unpaired) electrons. The Morgan fingerprint density at radius 1 is 1.27 bits per heavy atom. The number of aryl methyl sites for hydroxylation is 1. The van der Waals surface area contributed by atoms with E-state index >= 15 is 0 Å². The maximum absolute atomic E-state index is 12.9. The largest absolute Gasteiger partial charge is 0.451 e. The lowest BCUT2D eigenvalue weighted by molar-refractivity contribution is -0.167. The summed E-state index contributed by atoms with van der Waals surface area (Å²) >= 11 is 0. The summed E-state index contributed by atoms with van der Waals surface area (Å²) in [5.74, 6) is -1.88. The van der Waals surface area contributed by atoms with Gasteiger partial charge in [-0.15, -0.1) is 0 Å². The molecule has 0 saturated heterocycles. The number of amides is 1. The molecule has 1 aliphatic rings. The van der Waals surface area contributed by atoms with E-state index in [0.29, 0.717) is 4.90 Å². The number of hydrogen-bond donors (Lipinski definition) is 0. The van der Waals surface area contributed by atoms with Crippen LogP contribution in [0.3, 0.4) is 0 Å². The van der Waals surface area contributed by atoms with Crippen molar-refractivity contribution >= 4 is 22.6 Å². The molecule has 1 unspecified atom stereocenters. The third-order valence-corrected chi connectivity index (χ3v) is 5.15. The zero-order valence-electron chi connectivity index (χ0n) is 16.6. The first kappa shape index (κ1) is 21.8. The minimum absolute atomic E-state index is 0.0192. The highest BCUT2D eigenvalue weighted by atomic mass is 19.4. The normalized spacial score (nSPS) is 15.1. The van der Waals surface area contributed by atoms with Gasteiger partial charge in [-0.3, -0.25) is 9.59 Å². The van der Waals surface area contributed by atoms with Gasteiger partial charge in [-0.05, 0) is 38.7 Å². The van der Waals surface area contributed by atoms with Crippen LogP contribution in [0.2, 0.25) is 0 Å². The molecule has 1 amide bonds. The molecule has 1 saturated carbocycles. The van der Waals surface area contributed by atoms with E-state index < -0.39 is 37.2 Å². The number of rotatable bonds is 7. The summed E-state index contributed by atoms with van der Waals surface area (Å²) in [7, 11) is 0. The van der Waals surface area contributed by atoms with Crippen LogP contribution in [0.25, 0.3) is 10.8 Å². The molecule has 7 nitrogen and oxygen atoms in total. The van der Waals surface area contributed by atoms with Crippen LogP contribution in [-0.4, -0.2) is 51.9 Å². The number of fused-ring (bicyclic) bond motifs is 1. The van der Waals surface area contributed by atoms with Crippen molar-refractivity contribution in [2.24, 2.45) is 5.92 Å². The lowest BCUT2D eigenvalue weighted by atomic mass is 10.1. The first-order valence-electron chi connectivity index (χ1n) is 9.65. The predicted molar refractivity (Wildman–Crippen MR) is 102 cm³/mol. The summed E-state index contributed by atoms with van der Waals surface area (Å²) < 4.78 is 44.9. The second-order valence-corrected chi connectivity index (χ2v) is 7.31. The topological polar surface area (TPSA) is 81.5 Å². The molecule has 0 N–H and O–H groups in total. The van der Waals surface area contributed by atoms with Crippen LogP contribution >= 0.6 is 0 Å². The van der Waals surface area contributed by atoms with Gasteiger partial charge in [-0.2, -0.15) is 18.3 Å². The van der Waals surface area contributed by atoms with E-state index in [2.05, 4.69) is 5.10 Å². The summed E-state index contributed by atoms with van der Waals surface area (Å²) in [5.41, 5.74) is -0.548. The van der Waals surface area contributed by atoms with Gasteiger partial charge in [-0.25, -0.2) is 9.48 Å². The molecule has 0 spiro atoms. The van der Waals surface area contributed by atoms with Crippen molar-refractivity contribution in [3.63, 3.8) is 0 Å². The van der Waals surface area contributed by atoms with Crippen molar-refractivity contribution < 1.29 is 27.5 Å². The van der Waals surface area contributed by atoms with E-state index in [0.717, 1.165) is 17.5 Å². The molecule has 1 heterocycles. The van der Waals surface area contributed by atoms with Gasteiger partial charge in [0.1, 0.15) is 6.54 Å². The number of carbonyl (C=O) groups excluding carboxylic acids is 2. The quantitative estimate of drug-likeness (QED) is 0.638. The Balaban J connectivity index is 1.79. The second-order valence-electron chi connectivity index (χ2n) is 7.31. The fourth-order valence-electron chi connectivity index (χ4n) is 3.36. The van der Waals surface area contributed by atoms with Gasteiger partial charge < -0.3 is 9.64 Å². The maximum Gasteiger partial charge on any atom is 0.406 e. The number of halogens is 3. The van der Waals surface area contributed by atoms with Crippen LogP contribution in [-0.2, 0) is 16.1 Å². The zero-order chi connectivity index (χ0) is 22.1. The molecule has 30 heavy (non-hydrogen) atoms. The van der Waals surface area contributed by atoms with Crippen molar-refractivity contribution in [1.29, 1.82) is 0 Å². The van der Waals surface area contributed by atoms with Gasteiger partial charge in [0.25, 0.3) is 11.5 Å². The second kappa shape index (κ2) is 8.45. The smallest absolute Gasteiger partial charge is 0.406 e. The van der Waals surface area contributed by atoms with E-state index in [1.807, 2.05) is 0 Å². The van der Waals surface area contributed by atoms with Crippen molar-refractivity contribution in [2.75, 3.05) is 13.2 Å². The number of ether oxygens (including phenoxy) is 1. The number of nitrogens with zero attached hydrogens (tertiary/aromatic N) is 3. The average Bonchev–Trinajstić information content (AvgIpc) is 3.54. The summed E-state index contributed by atoms with van der Waals surface area (Å²) in [5, 5.41) is 4.51. The van der Waals surface area contributed by atoms with Crippen molar-refractivity contribution in [2.45, 2.75) is 45.5 Å². The van der Waals surface area contributed by atoms with Gasteiger partial charge in [0.15, 0.2) is 12.3 Å². The molecule has 1 atom stereocenters. The van der Waals surface area contributed by atoms with Crippen molar-refractivity contribution in [1.82, 2.24) is 14.7 Å². The van der Waals surface area contributed by atoms with Gasteiger partial charge >= 0.3 is 12.1 Å². The molecular weight excluding hydrogens is 403 g/mol. The highest BCUT2D eigenvalue weighted by Crippen LogP contribution is 2.36. The Morgan fingerprint density at radius 2 is 1.90 bits per heavy atom. The molecule has 1 aromatic carbocycles. The molecule has 2 aromatic rings. The number of aromatic nitrogens is 2. The van der Waals surface area contributed by atoms with E-state index in [-0.39, 0.29) is 34.5 Å². The number of benzene rings is 1. The summed E-state index contributed by atoms with van der Waals surface area (Å²) in [6, 6.07) is 5.71. The first-order valence-corrected chi connectivity index (χ1v) is 9.65. The molecular formula is C20H22F3N3O4. The Hall–Kier alpha value is -2.91. The Kier molecular flexibility index (Phi) is 6.14. The van der Waals surface area contributed by atoms with Crippen molar-refractivity contribution in [3.05, 3.63) is 40.3 Å². The molecule has 162 valence electrons. The monoisotopic (exact) mass is 425 g/mol. The van der Waals surface area contributed by atoms with Gasteiger partial charge in [0.2, 0.25) is 0 Å². The van der Waals surface area contributed by atoms with E-state index in [1.165, 1.54) is 12.1 Å². The van der Waals surface area contributed by atoms with E-state index in [9.17, 15) is 27.6 Å². The Morgan fingerprint density at radius 3 is 2.47 bits per heavy atom. The van der Waals surface area contributed by atoms with Crippen LogP contribution in [0.5, 0.6) is 0 Å². The fraction of sp³-hybridized carbons (Fsp3) is 0.500. The van der Waals surface area contributed by atoms with Gasteiger partial charge in [-0.1, -0.05) is 18.2 Å². The average molecular weight is 425 g/mol. The first-order chi connectivity index (χ1) is 14.1. The van der Waals surface area contributed by atoms with Crippen LogP contribution in [0, 0.1) is 5.92 Å². The standard InChI is InChI=1S/C20H22F3N3O4/c1-3-26-18(28)15-7-5-4-6-14(15)17(24-26)19(29)30-10-16(27)25(11-20(21,22)23)12(2)13-8-9-13/h4-7,12-13H,3,8-11H2,1-2H3. The minimum Gasteiger partial charge on any atom is -0.451 e. The third-order valence-electron chi connectivity index (χ3n) is 5.15. The zero-order valence-corrected chi connectivity index (χ0v) is 16.6. The number of hydrogen-bond acceptors (Lipinski definition) is 5. The molecule has 0 bridgehead atoms. The molecule has 1 aromatic heterocycles. The summed E-state index contributed by atoms with van der Waals surface area (Å²) in [6.07, 6.45) is -3.04. The van der Waals surface area contributed by atoms with Crippen LogP contribution in [0.4, 0.5) is 13.2 Å². The predicted octanol–water partition coefficient (Wildman–Crippen LogP) is 2.76.